The van der Waals surface area contributed by atoms with Gasteiger partial charge in [-0.1, -0.05) is 12.1 Å². The highest BCUT2D eigenvalue weighted by molar-refractivity contribution is 7.09. The summed E-state index contributed by atoms with van der Waals surface area (Å²) in [5.41, 5.74) is 9.27. The molecule has 4 N–H and O–H groups in total. The van der Waals surface area contributed by atoms with Crippen LogP contribution >= 0.6 is 11.3 Å². The molecule has 1 aromatic heterocycles. The van der Waals surface area contributed by atoms with Crippen LogP contribution in [0, 0.1) is 13.8 Å². The van der Waals surface area contributed by atoms with E-state index in [-0.39, 0.29) is 18.9 Å². The van der Waals surface area contributed by atoms with Crippen LogP contribution in [0.25, 0.3) is 0 Å². The molecule has 1 heterocycles. The minimum absolute atomic E-state index is 0.00473. The average molecular weight is 439 g/mol. The molecule has 0 saturated heterocycles. The standard InChI is InChI=1S/C22H22N4O4S/c1-13-3-4-14(2)18(9-13)26-19(27)10-20-24-17(12-31-20)11-30-21(28)15-5-7-16(8-6-15)25-22(23)29/h3-9,12H,10-11H2,1-2H3,(H,26,27)(H3,23,25,29). The van der Waals surface area contributed by atoms with Crippen molar-refractivity contribution in [3.63, 3.8) is 0 Å². The van der Waals surface area contributed by atoms with Gasteiger partial charge in [-0.2, -0.15) is 0 Å². The van der Waals surface area contributed by atoms with Crippen LogP contribution in [0.5, 0.6) is 0 Å². The van der Waals surface area contributed by atoms with Gasteiger partial charge in [-0.05, 0) is 55.3 Å². The molecule has 0 aliphatic carbocycles. The first-order valence-corrected chi connectivity index (χ1v) is 10.3. The van der Waals surface area contributed by atoms with Gasteiger partial charge in [0.25, 0.3) is 0 Å². The molecule has 0 saturated carbocycles. The number of aromatic nitrogens is 1. The van der Waals surface area contributed by atoms with Crippen molar-refractivity contribution in [2.45, 2.75) is 26.9 Å². The van der Waals surface area contributed by atoms with E-state index in [9.17, 15) is 14.4 Å². The monoisotopic (exact) mass is 438 g/mol. The molecule has 9 heteroatoms. The second kappa shape index (κ2) is 9.86. The van der Waals surface area contributed by atoms with Crippen LogP contribution in [0.1, 0.15) is 32.2 Å². The van der Waals surface area contributed by atoms with Crippen molar-refractivity contribution < 1.29 is 19.1 Å². The van der Waals surface area contributed by atoms with E-state index >= 15 is 0 Å². The van der Waals surface area contributed by atoms with Gasteiger partial charge in [-0.3, -0.25) is 4.79 Å². The lowest BCUT2D eigenvalue weighted by Gasteiger charge is -2.08. The maximum Gasteiger partial charge on any atom is 0.338 e. The summed E-state index contributed by atoms with van der Waals surface area (Å²) < 4.78 is 5.27. The summed E-state index contributed by atoms with van der Waals surface area (Å²) in [5, 5.41) is 7.71. The van der Waals surface area contributed by atoms with Gasteiger partial charge in [0, 0.05) is 16.8 Å². The Labute approximate surface area is 183 Å². The van der Waals surface area contributed by atoms with Crippen molar-refractivity contribution in [2.24, 2.45) is 5.73 Å². The second-order valence-electron chi connectivity index (χ2n) is 6.92. The second-order valence-corrected chi connectivity index (χ2v) is 7.86. The minimum atomic E-state index is -0.683. The van der Waals surface area contributed by atoms with Crippen molar-refractivity contribution in [3.8, 4) is 0 Å². The van der Waals surface area contributed by atoms with E-state index in [0.717, 1.165) is 16.8 Å². The quantitative estimate of drug-likeness (QED) is 0.484. The summed E-state index contributed by atoms with van der Waals surface area (Å²) in [7, 11) is 0. The van der Waals surface area contributed by atoms with E-state index in [1.807, 2.05) is 32.0 Å². The number of hydrogen-bond donors (Lipinski definition) is 3. The lowest BCUT2D eigenvalue weighted by molar-refractivity contribution is -0.115. The SMILES string of the molecule is Cc1ccc(C)c(NC(=O)Cc2nc(COC(=O)c3ccc(NC(N)=O)cc3)cs2)c1. The normalized spacial score (nSPS) is 10.4. The predicted molar refractivity (Wildman–Crippen MR) is 119 cm³/mol. The molecule has 0 bridgehead atoms. The Morgan fingerprint density at radius 2 is 1.81 bits per heavy atom. The van der Waals surface area contributed by atoms with Crippen molar-refractivity contribution in [1.82, 2.24) is 4.98 Å². The molecular weight excluding hydrogens is 416 g/mol. The number of amides is 3. The molecule has 0 spiro atoms. The van der Waals surface area contributed by atoms with Crippen LogP contribution < -0.4 is 16.4 Å². The molecule has 3 amide bonds. The zero-order valence-corrected chi connectivity index (χ0v) is 17.9. The molecule has 3 aromatic rings. The first-order chi connectivity index (χ1) is 14.8. The van der Waals surface area contributed by atoms with Crippen molar-refractivity contribution >= 4 is 40.6 Å². The van der Waals surface area contributed by atoms with Crippen LogP contribution in [0.15, 0.2) is 47.8 Å². The molecule has 3 rings (SSSR count). The Kier molecular flexibility index (Phi) is 6.99. The molecule has 0 aliphatic rings. The Bertz CT molecular complexity index is 1110. The highest BCUT2D eigenvalue weighted by atomic mass is 32.1. The zero-order chi connectivity index (χ0) is 22.4. The third-order valence-corrected chi connectivity index (χ3v) is 5.22. The number of urea groups is 1. The molecule has 0 radical (unpaired) electrons. The van der Waals surface area contributed by atoms with Gasteiger partial charge in [0.05, 0.1) is 17.7 Å². The number of esters is 1. The van der Waals surface area contributed by atoms with Crippen LogP contribution in [0.4, 0.5) is 16.2 Å². The number of ether oxygens (including phenoxy) is 1. The average Bonchev–Trinajstić information content (AvgIpc) is 3.16. The van der Waals surface area contributed by atoms with Crippen molar-refractivity contribution in [3.05, 3.63) is 75.2 Å². The number of nitrogens with zero attached hydrogens (tertiary/aromatic N) is 1. The summed E-state index contributed by atoms with van der Waals surface area (Å²) >= 11 is 1.34. The highest BCUT2D eigenvalue weighted by Gasteiger charge is 2.12. The number of aryl methyl sites for hydroxylation is 2. The fourth-order valence-electron chi connectivity index (χ4n) is 2.75. The van der Waals surface area contributed by atoms with Crippen LogP contribution in [-0.4, -0.2) is 22.9 Å². The third kappa shape index (κ3) is 6.38. The van der Waals surface area contributed by atoms with Gasteiger partial charge in [0.1, 0.15) is 11.6 Å². The molecule has 0 aliphatic heterocycles. The first kappa shape index (κ1) is 22.0. The van der Waals surface area contributed by atoms with Crippen LogP contribution in [0.2, 0.25) is 0 Å². The van der Waals surface area contributed by atoms with Gasteiger partial charge >= 0.3 is 12.0 Å². The number of carbonyl (C=O) groups is 3. The number of carbonyl (C=O) groups excluding carboxylic acids is 3. The lowest BCUT2D eigenvalue weighted by Crippen LogP contribution is -2.19. The van der Waals surface area contributed by atoms with E-state index in [0.29, 0.717) is 22.0 Å². The summed E-state index contributed by atoms with van der Waals surface area (Å²) in [6.07, 6.45) is 0.139. The highest BCUT2D eigenvalue weighted by Crippen LogP contribution is 2.18. The Balaban J connectivity index is 1.51. The molecule has 31 heavy (non-hydrogen) atoms. The smallest absolute Gasteiger partial charge is 0.338 e. The number of benzene rings is 2. The van der Waals surface area contributed by atoms with Crippen molar-refractivity contribution in [2.75, 3.05) is 10.6 Å². The zero-order valence-electron chi connectivity index (χ0n) is 17.1. The van der Waals surface area contributed by atoms with Crippen LogP contribution in [0.3, 0.4) is 0 Å². The molecule has 0 atom stereocenters. The molecule has 160 valence electrons. The number of anilines is 2. The molecule has 0 unspecified atom stereocenters. The van der Waals surface area contributed by atoms with E-state index in [2.05, 4.69) is 15.6 Å². The van der Waals surface area contributed by atoms with E-state index in [1.165, 1.54) is 23.5 Å². The summed E-state index contributed by atoms with van der Waals surface area (Å²) in [4.78, 5) is 39.7. The maximum atomic E-state index is 12.3. The Morgan fingerprint density at radius 3 is 2.52 bits per heavy atom. The fraction of sp³-hybridized carbons (Fsp3) is 0.182. The third-order valence-electron chi connectivity index (χ3n) is 4.32. The maximum absolute atomic E-state index is 12.3. The van der Waals surface area contributed by atoms with Gasteiger partial charge in [-0.15, -0.1) is 11.3 Å². The molecule has 0 fully saturated rings. The van der Waals surface area contributed by atoms with Crippen LogP contribution in [-0.2, 0) is 22.6 Å². The number of hydrogen-bond acceptors (Lipinski definition) is 6. The van der Waals surface area contributed by atoms with Gasteiger partial charge < -0.3 is 21.1 Å². The first-order valence-electron chi connectivity index (χ1n) is 9.44. The number of thiazole rings is 1. The Hall–Kier alpha value is -3.72. The number of rotatable bonds is 7. The topological polar surface area (TPSA) is 123 Å². The molecule has 8 nitrogen and oxygen atoms in total. The van der Waals surface area contributed by atoms with Gasteiger partial charge in [-0.25, -0.2) is 14.6 Å². The predicted octanol–water partition coefficient (Wildman–Crippen LogP) is 3.79. The van der Waals surface area contributed by atoms with E-state index in [1.54, 1.807) is 17.5 Å². The number of nitrogens with one attached hydrogen (secondary N) is 2. The molecule has 2 aromatic carbocycles. The number of primary amides is 1. The number of nitrogens with two attached hydrogens (primary N) is 1. The van der Waals surface area contributed by atoms with E-state index in [4.69, 9.17) is 10.5 Å². The summed E-state index contributed by atoms with van der Waals surface area (Å²) in [5.74, 6) is -0.677. The fourth-order valence-corrected chi connectivity index (χ4v) is 3.53. The lowest BCUT2D eigenvalue weighted by atomic mass is 10.1. The summed E-state index contributed by atoms with van der Waals surface area (Å²) in [6, 6.07) is 11.4. The van der Waals surface area contributed by atoms with Crippen molar-refractivity contribution in [1.29, 1.82) is 0 Å². The van der Waals surface area contributed by atoms with Gasteiger partial charge in [0.15, 0.2) is 0 Å². The minimum Gasteiger partial charge on any atom is -0.456 e. The molecular formula is C22H22N4O4S. The van der Waals surface area contributed by atoms with E-state index < -0.39 is 12.0 Å². The van der Waals surface area contributed by atoms with Gasteiger partial charge in [0.2, 0.25) is 5.91 Å². The Morgan fingerprint density at radius 1 is 1.06 bits per heavy atom. The largest absolute Gasteiger partial charge is 0.456 e. The summed E-state index contributed by atoms with van der Waals surface area (Å²) in [6.45, 7) is 3.90.